The number of benzene rings is 2. The lowest BCUT2D eigenvalue weighted by molar-refractivity contribution is -0.143. The maximum Gasteiger partial charge on any atom is 0.325 e. The number of aryl methyl sites for hydroxylation is 1. The van der Waals surface area contributed by atoms with Crippen LogP contribution in [0.1, 0.15) is 15.9 Å². The minimum atomic E-state index is -0.518. The number of rotatable bonds is 7. The van der Waals surface area contributed by atoms with E-state index in [0.717, 1.165) is 5.56 Å². The van der Waals surface area contributed by atoms with E-state index in [1.165, 1.54) is 0 Å². The molecule has 0 saturated heterocycles. The molecule has 0 aliphatic rings. The fraction of sp³-hybridized carbons (Fsp3) is 0.222. The van der Waals surface area contributed by atoms with Gasteiger partial charge in [-0.2, -0.15) is 0 Å². The third kappa shape index (κ3) is 5.93. The molecule has 0 aliphatic carbocycles. The van der Waals surface area contributed by atoms with Gasteiger partial charge in [-0.05, 0) is 43.3 Å². The second-order valence-corrected chi connectivity index (χ2v) is 5.51. The van der Waals surface area contributed by atoms with E-state index in [-0.39, 0.29) is 25.7 Å². The predicted octanol–water partition coefficient (Wildman–Crippen LogP) is 3.00. The average molecular weight is 348 g/mol. The third-order valence-corrected chi connectivity index (χ3v) is 3.35. The van der Waals surface area contributed by atoms with Crippen molar-refractivity contribution in [3.05, 3.63) is 64.7 Å². The summed E-state index contributed by atoms with van der Waals surface area (Å²) in [5.74, 6) is -0.188. The van der Waals surface area contributed by atoms with E-state index in [9.17, 15) is 9.59 Å². The van der Waals surface area contributed by atoms with Crippen LogP contribution in [0.2, 0.25) is 5.02 Å². The Kier molecular flexibility index (Phi) is 6.63. The first-order chi connectivity index (χ1) is 11.5. The summed E-state index contributed by atoms with van der Waals surface area (Å²) in [6.07, 6.45) is 0. The zero-order valence-electron chi connectivity index (χ0n) is 13.3. The van der Waals surface area contributed by atoms with Gasteiger partial charge in [0.05, 0.1) is 0 Å². The Morgan fingerprint density at radius 3 is 2.54 bits per heavy atom. The zero-order chi connectivity index (χ0) is 17.4. The van der Waals surface area contributed by atoms with Gasteiger partial charge in [-0.15, -0.1) is 0 Å². The van der Waals surface area contributed by atoms with Crippen LogP contribution in [-0.4, -0.2) is 31.6 Å². The van der Waals surface area contributed by atoms with Crippen LogP contribution in [0.3, 0.4) is 0 Å². The largest absolute Gasteiger partial charge is 0.490 e. The normalized spacial score (nSPS) is 10.1. The van der Waals surface area contributed by atoms with Gasteiger partial charge in [-0.25, -0.2) is 0 Å². The maximum absolute atomic E-state index is 11.9. The number of hydrogen-bond donors (Lipinski definition) is 1. The lowest BCUT2D eigenvalue weighted by Gasteiger charge is -2.08. The third-order valence-electron chi connectivity index (χ3n) is 3.10. The van der Waals surface area contributed by atoms with E-state index >= 15 is 0 Å². The number of ether oxygens (including phenoxy) is 2. The van der Waals surface area contributed by atoms with Crippen molar-refractivity contribution in [2.45, 2.75) is 6.92 Å². The van der Waals surface area contributed by atoms with E-state index in [1.54, 1.807) is 42.5 Å². The molecule has 0 radical (unpaired) electrons. The van der Waals surface area contributed by atoms with Crippen LogP contribution in [0, 0.1) is 6.92 Å². The molecule has 2 aromatic carbocycles. The summed E-state index contributed by atoms with van der Waals surface area (Å²) in [7, 11) is 0. The summed E-state index contributed by atoms with van der Waals surface area (Å²) in [6.45, 7) is 2.03. The first-order valence-corrected chi connectivity index (χ1v) is 7.81. The highest BCUT2D eigenvalue weighted by molar-refractivity contribution is 6.30. The van der Waals surface area contributed by atoms with Gasteiger partial charge in [0.15, 0.2) is 0 Å². The highest BCUT2D eigenvalue weighted by atomic mass is 35.5. The van der Waals surface area contributed by atoms with Crippen molar-refractivity contribution in [3.63, 3.8) is 0 Å². The molecule has 0 aromatic heterocycles. The van der Waals surface area contributed by atoms with Crippen molar-refractivity contribution < 1.29 is 19.1 Å². The Morgan fingerprint density at radius 1 is 1.08 bits per heavy atom. The Labute approximate surface area is 145 Å². The molecule has 0 bridgehead atoms. The Hall–Kier alpha value is -2.53. The Morgan fingerprint density at radius 2 is 1.83 bits per heavy atom. The van der Waals surface area contributed by atoms with Crippen LogP contribution in [-0.2, 0) is 9.53 Å². The summed E-state index contributed by atoms with van der Waals surface area (Å²) >= 11 is 5.77. The average Bonchev–Trinajstić information content (AvgIpc) is 2.58. The van der Waals surface area contributed by atoms with E-state index in [4.69, 9.17) is 21.1 Å². The summed E-state index contributed by atoms with van der Waals surface area (Å²) < 4.78 is 10.4. The molecule has 0 atom stereocenters. The number of esters is 1. The second kappa shape index (κ2) is 8.93. The molecule has 0 heterocycles. The van der Waals surface area contributed by atoms with Gasteiger partial charge in [0.1, 0.15) is 25.5 Å². The molecule has 0 fully saturated rings. The lowest BCUT2D eigenvalue weighted by Crippen LogP contribution is -2.31. The molecule has 126 valence electrons. The van der Waals surface area contributed by atoms with Gasteiger partial charge >= 0.3 is 5.97 Å². The fourth-order valence-corrected chi connectivity index (χ4v) is 2.06. The summed E-state index contributed by atoms with van der Waals surface area (Å²) in [5.41, 5.74) is 1.48. The van der Waals surface area contributed by atoms with Crippen molar-refractivity contribution >= 4 is 23.5 Å². The maximum atomic E-state index is 11.9. The quantitative estimate of drug-likeness (QED) is 0.617. The standard InChI is InChI=1S/C18H18ClNO4/c1-13-3-2-4-14(11-13)18(22)20-12-17(21)24-10-9-23-16-7-5-15(19)6-8-16/h2-8,11H,9-10,12H2,1H3,(H,20,22). The molecule has 1 N–H and O–H groups in total. The first kappa shape index (κ1) is 17.8. The highest BCUT2D eigenvalue weighted by Gasteiger charge is 2.09. The van der Waals surface area contributed by atoms with Crippen molar-refractivity contribution in [1.82, 2.24) is 5.32 Å². The van der Waals surface area contributed by atoms with Crippen LogP contribution in [0.4, 0.5) is 0 Å². The van der Waals surface area contributed by atoms with Crippen molar-refractivity contribution in [2.24, 2.45) is 0 Å². The number of nitrogens with one attached hydrogen (secondary N) is 1. The van der Waals surface area contributed by atoms with E-state index < -0.39 is 5.97 Å². The van der Waals surface area contributed by atoms with Crippen LogP contribution in [0.5, 0.6) is 5.75 Å². The summed E-state index contributed by atoms with van der Waals surface area (Å²) in [4.78, 5) is 23.5. The van der Waals surface area contributed by atoms with Crippen molar-refractivity contribution in [3.8, 4) is 5.75 Å². The topological polar surface area (TPSA) is 64.6 Å². The van der Waals surface area contributed by atoms with Crippen LogP contribution >= 0.6 is 11.6 Å². The molecule has 0 saturated carbocycles. The molecule has 0 spiro atoms. The number of hydrogen-bond acceptors (Lipinski definition) is 4. The van der Waals surface area contributed by atoms with Gasteiger partial charge < -0.3 is 14.8 Å². The highest BCUT2D eigenvalue weighted by Crippen LogP contribution is 2.15. The molecule has 24 heavy (non-hydrogen) atoms. The van der Waals surface area contributed by atoms with E-state index in [2.05, 4.69) is 5.32 Å². The number of halogens is 1. The second-order valence-electron chi connectivity index (χ2n) is 5.08. The minimum Gasteiger partial charge on any atom is -0.490 e. The van der Waals surface area contributed by atoms with Crippen LogP contribution < -0.4 is 10.1 Å². The molecule has 1 amide bonds. The van der Waals surface area contributed by atoms with Gasteiger partial charge in [0, 0.05) is 10.6 Å². The van der Waals surface area contributed by atoms with Crippen molar-refractivity contribution in [1.29, 1.82) is 0 Å². The number of carbonyl (C=O) groups is 2. The Balaban J connectivity index is 1.64. The smallest absolute Gasteiger partial charge is 0.325 e. The number of amides is 1. The van der Waals surface area contributed by atoms with Gasteiger partial charge in [-0.3, -0.25) is 9.59 Å². The molecule has 2 aromatic rings. The predicted molar refractivity (Wildman–Crippen MR) is 91.4 cm³/mol. The van der Waals surface area contributed by atoms with Crippen LogP contribution in [0.15, 0.2) is 48.5 Å². The fourth-order valence-electron chi connectivity index (χ4n) is 1.94. The SMILES string of the molecule is Cc1cccc(C(=O)NCC(=O)OCCOc2ccc(Cl)cc2)c1. The summed E-state index contributed by atoms with van der Waals surface area (Å²) in [5, 5.41) is 3.15. The van der Waals surface area contributed by atoms with Crippen molar-refractivity contribution in [2.75, 3.05) is 19.8 Å². The molecule has 0 unspecified atom stereocenters. The lowest BCUT2D eigenvalue weighted by atomic mass is 10.1. The van der Waals surface area contributed by atoms with Gasteiger partial charge in [0.25, 0.3) is 5.91 Å². The molecular weight excluding hydrogens is 330 g/mol. The number of carbonyl (C=O) groups excluding carboxylic acids is 2. The Bertz CT molecular complexity index is 700. The molecular formula is C18H18ClNO4. The van der Waals surface area contributed by atoms with E-state index in [0.29, 0.717) is 16.3 Å². The molecule has 5 nitrogen and oxygen atoms in total. The molecule has 6 heteroatoms. The molecule has 0 aliphatic heterocycles. The summed E-state index contributed by atoms with van der Waals surface area (Å²) in [6, 6.07) is 14.0. The monoisotopic (exact) mass is 347 g/mol. The van der Waals surface area contributed by atoms with Gasteiger partial charge in [0.2, 0.25) is 0 Å². The van der Waals surface area contributed by atoms with Gasteiger partial charge in [-0.1, -0.05) is 29.3 Å². The first-order valence-electron chi connectivity index (χ1n) is 7.43. The zero-order valence-corrected chi connectivity index (χ0v) is 14.0. The molecule has 2 rings (SSSR count). The van der Waals surface area contributed by atoms with E-state index in [1.807, 2.05) is 13.0 Å². The minimum absolute atomic E-state index is 0.0990. The van der Waals surface area contributed by atoms with Crippen LogP contribution in [0.25, 0.3) is 0 Å².